The lowest BCUT2D eigenvalue weighted by Gasteiger charge is -2.07. The number of nitrogens with two attached hydrogens (primary N) is 3. The summed E-state index contributed by atoms with van der Waals surface area (Å²) < 4.78 is 32.7. The number of nitrogens with zero attached hydrogens (tertiary/aromatic N) is 2. The van der Waals surface area contributed by atoms with Crippen LogP contribution in [0.1, 0.15) is 0 Å². The Morgan fingerprint density at radius 1 is 0.615 bits per heavy atom. The molecule has 0 amide bonds. The van der Waals surface area contributed by atoms with Gasteiger partial charge in [-0.1, -0.05) is 0 Å². The molecule has 0 heterocycles. The monoisotopic (exact) mass is 558 g/mol. The molecule has 0 aliphatic carbocycles. The van der Waals surface area contributed by atoms with Gasteiger partial charge in [0.05, 0.1) is 62.7 Å². The van der Waals surface area contributed by atoms with Gasteiger partial charge >= 0.3 is 0 Å². The molecule has 0 fully saturated rings. The highest BCUT2D eigenvalue weighted by molar-refractivity contribution is 5.48. The molecule has 39 heavy (non-hydrogen) atoms. The Hall–Kier alpha value is -3.31. The van der Waals surface area contributed by atoms with E-state index in [1.54, 1.807) is 12.1 Å². The molecule has 14 nitrogen and oxygen atoms in total. The van der Waals surface area contributed by atoms with Crippen LogP contribution in [0.3, 0.4) is 0 Å². The molecule has 15 heteroatoms. The van der Waals surface area contributed by atoms with E-state index in [0.717, 1.165) is 30.0 Å². The zero-order chi connectivity index (χ0) is 29.1. The van der Waals surface area contributed by atoms with Crippen LogP contribution in [0.5, 0.6) is 0 Å². The van der Waals surface area contributed by atoms with E-state index in [0.29, 0.717) is 79.0 Å². The van der Waals surface area contributed by atoms with Crippen molar-refractivity contribution in [1.29, 1.82) is 0 Å². The van der Waals surface area contributed by atoms with E-state index in [9.17, 15) is 24.6 Å². The molecule has 2 aromatic carbocycles. The molecule has 0 saturated heterocycles. The van der Waals surface area contributed by atoms with Gasteiger partial charge in [-0.25, -0.2) is 4.39 Å². The smallest absolute Gasteiger partial charge is 0.269 e. The number of anilines is 1. The summed E-state index contributed by atoms with van der Waals surface area (Å²) in [4.78, 5) is 19.5. The molecule has 220 valence electrons. The van der Waals surface area contributed by atoms with Gasteiger partial charge in [-0.05, 0) is 24.3 Å². The summed E-state index contributed by atoms with van der Waals surface area (Å²) in [5.41, 5.74) is 16.4. The van der Waals surface area contributed by atoms with E-state index < -0.39 is 15.7 Å². The fourth-order valence-corrected chi connectivity index (χ4v) is 2.43. The van der Waals surface area contributed by atoms with Gasteiger partial charge in [0.25, 0.3) is 11.4 Å². The Morgan fingerprint density at radius 2 is 0.974 bits per heavy atom. The van der Waals surface area contributed by atoms with E-state index in [1.165, 1.54) is 12.1 Å². The van der Waals surface area contributed by atoms with E-state index in [1.807, 2.05) is 0 Å². The molecule has 0 aliphatic heterocycles. The molecular formula is C24H39FN6O8. The van der Waals surface area contributed by atoms with Gasteiger partial charge in [0.1, 0.15) is 5.82 Å². The molecule has 0 atom stereocenters. The first-order chi connectivity index (χ1) is 18.8. The van der Waals surface area contributed by atoms with Gasteiger partial charge in [-0.15, -0.1) is 0 Å². The Bertz CT molecular complexity index is 870. The predicted octanol–water partition coefficient (Wildman–Crippen LogP) is 1.67. The minimum atomic E-state index is -0.570. The van der Waals surface area contributed by atoms with Crippen molar-refractivity contribution in [3.05, 3.63) is 74.6 Å². The number of nitrogens with one attached hydrogen (secondary N) is 1. The van der Waals surface area contributed by atoms with Crippen LogP contribution < -0.4 is 22.5 Å². The standard InChI is InChI=1S/C12H19N3O4.C6H4FNO2.C6H16N2O2/c13-5-7-18-9-10-19-8-6-14-11-1-3-12(4-2-11)15(16)17;7-5-1-3-6(4-2-5)8(9)10;7-1-3-9-5-6-10-4-2-8/h1-4,14H,5-10,13H2;1-4H;1-8H2. The number of non-ortho nitro benzene ring substituents is 2. The molecule has 0 radical (unpaired) electrons. The van der Waals surface area contributed by atoms with Gasteiger partial charge in [0, 0.05) is 56.1 Å². The van der Waals surface area contributed by atoms with Crippen LogP contribution in [0.25, 0.3) is 0 Å². The van der Waals surface area contributed by atoms with Crippen LogP contribution in [0.4, 0.5) is 21.5 Å². The van der Waals surface area contributed by atoms with Crippen molar-refractivity contribution in [1.82, 2.24) is 0 Å². The quantitative estimate of drug-likeness (QED) is 0.117. The zero-order valence-electron chi connectivity index (χ0n) is 21.9. The molecule has 0 aromatic heterocycles. The molecular weight excluding hydrogens is 519 g/mol. The number of halogens is 1. The summed E-state index contributed by atoms with van der Waals surface area (Å²) in [7, 11) is 0. The average Bonchev–Trinajstić information content (AvgIpc) is 2.93. The number of rotatable bonds is 18. The largest absolute Gasteiger partial charge is 0.383 e. The highest BCUT2D eigenvalue weighted by atomic mass is 19.1. The third kappa shape index (κ3) is 21.3. The SMILES string of the molecule is NCCOCCOCCN.NCCOCCOCCNc1ccc([N+](=O)[O-])cc1.O=[N+]([O-])c1ccc(F)cc1. The molecule has 0 saturated carbocycles. The summed E-state index contributed by atoms with van der Waals surface area (Å²) in [6.45, 7) is 6.86. The number of nitro benzene ring substituents is 2. The van der Waals surface area contributed by atoms with Crippen LogP contribution in [-0.4, -0.2) is 88.9 Å². The number of ether oxygens (including phenoxy) is 4. The van der Waals surface area contributed by atoms with Crippen LogP contribution >= 0.6 is 0 Å². The lowest BCUT2D eigenvalue weighted by atomic mass is 10.3. The summed E-state index contributed by atoms with van der Waals surface area (Å²) in [6.07, 6.45) is 0. The second kappa shape index (κ2) is 25.0. The first kappa shape index (κ1) is 35.7. The van der Waals surface area contributed by atoms with Gasteiger partial charge < -0.3 is 41.5 Å². The van der Waals surface area contributed by atoms with E-state index >= 15 is 0 Å². The predicted molar refractivity (Wildman–Crippen MR) is 145 cm³/mol. The topological polar surface area (TPSA) is 213 Å². The van der Waals surface area contributed by atoms with Crippen molar-refractivity contribution in [2.24, 2.45) is 17.2 Å². The van der Waals surface area contributed by atoms with E-state index in [2.05, 4.69) is 5.32 Å². The van der Waals surface area contributed by atoms with Crippen molar-refractivity contribution in [2.75, 3.05) is 84.4 Å². The molecule has 0 bridgehead atoms. The van der Waals surface area contributed by atoms with Gasteiger partial charge in [0.15, 0.2) is 0 Å². The Labute approximate surface area is 226 Å². The van der Waals surface area contributed by atoms with Crippen LogP contribution in [0, 0.1) is 26.0 Å². The molecule has 2 rings (SSSR count). The first-order valence-electron chi connectivity index (χ1n) is 12.1. The number of nitro groups is 2. The van der Waals surface area contributed by atoms with Crippen molar-refractivity contribution in [3.8, 4) is 0 Å². The molecule has 0 unspecified atom stereocenters. The van der Waals surface area contributed by atoms with E-state index in [-0.39, 0.29) is 11.4 Å². The maximum Gasteiger partial charge on any atom is 0.269 e. The lowest BCUT2D eigenvalue weighted by Crippen LogP contribution is -2.14. The Kier molecular flexibility index (Phi) is 22.9. The second-order valence-electron chi connectivity index (χ2n) is 7.28. The molecule has 0 aliphatic rings. The van der Waals surface area contributed by atoms with Crippen molar-refractivity contribution >= 4 is 17.1 Å². The molecule has 0 spiro atoms. The third-order valence-corrected chi connectivity index (χ3v) is 4.22. The minimum Gasteiger partial charge on any atom is -0.383 e. The van der Waals surface area contributed by atoms with Crippen molar-refractivity contribution in [3.63, 3.8) is 0 Å². The fourth-order valence-electron chi connectivity index (χ4n) is 2.43. The van der Waals surface area contributed by atoms with E-state index in [4.69, 9.17) is 36.1 Å². The summed E-state index contributed by atoms with van der Waals surface area (Å²) in [5.74, 6) is -0.467. The number of hydrogen-bond donors (Lipinski definition) is 4. The molecule has 2 aromatic rings. The first-order valence-corrected chi connectivity index (χ1v) is 12.1. The number of benzene rings is 2. The summed E-state index contributed by atoms with van der Waals surface area (Å²) >= 11 is 0. The fraction of sp³-hybridized carbons (Fsp3) is 0.500. The maximum absolute atomic E-state index is 12.1. The average molecular weight is 559 g/mol. The molecule has 7 N–H and O–H groups in total. The second-order valence-corrected chi connectivity index (χ2v) is 7.28. The highest BCUT2D eigenvalue weighted by Gasteiger charge is 2.03. The van der Waals surface area contributed by atoms with Gasteiger partial charge in [-0.3, -0.25) is 20.2 Å². The summed E-state index contributed by atoms with van der Waals surface area (Å²) in [5, 5.41) is 23.6. The van der Waals surface area contributed by atoms with Crippen LogP contribution in [0.15, 0.2) is 48.5 Å². The summed E-state index contributed by atoms with van der Waals surface area (Å²) in [6, 6.07) is 10.6. The van der Waals surface area contributed by atoms with Crippen LogP contribution in [-0.2, 0) is 18.9 Å². The van der Waals surface area contributed by atoms with Gasteiger partial charge in [0.2, 0.25) is 0 Å². The number of hydrogen-bond acceptors (Lipinski definition) is 12. The van der Waals surface area contributed by atoms with Crippen molar-refractivity contribution in [2.45, 2.75) is 0 Å². The van der Waals surface area contributed by atoms with Crippen molar-refractivity contribution < 1.29 is 33.2 Å². The van der Waals surface area contributed by atoms with Crippen LogP contribution in [0.2, 0.25) is 0 Å². The highest BCUT2D eigenvalue weighted by Crippen LogP contribution is 2.15. The normalized spacial score (nSPS) is 10.1. The Balaban J connectivity index is 0.000000610. The third-order valence-electron chi connectivity index (χ3n) is 4.22. The minimum absolute atomic E-state index is 0.0823. The Morgan fingerprint density at radius 3 is 1.33 bits per heavy atom. The van der Waals surface area contributed by atoms with Gasteiger partial charge in [-0.2, -0.15) is 0 Å². The lowest BCUT2D eigenvalue weighted by molar-refractivity contribution is -0.385. The maximum atomic E-state index is 12.1. The zero-order valence-corrected chi connectivity index (χ0v) is 21.9.